The highest BCUT2D eigenvalue weighted by Gasteiger charge is 2.29. The number of rotatable bonds is 23. The van der Waals surface area contributed by atoms with Gasteiger partial charge in [0.2, 0.25) is 0 Å². The van der Waals surface area contributed by atoms with E-state index in [-0.39, 0.29) is 10.6 Å². The van der Waals surface area contributed by atoms with Gasteiger partial charge in [-0.1, -0.05) is 104 Å². The van der Waals surface area contributed by atoms with Crippen LogP contribution in [0.3, 0.4) is 0 Å². The number of unbranched alkanes of at least 4 members (excludes halogenated alkanes) is 15. The van der Waals surface area contributed by atoms with Gasteiger partial charge in [0.25, 0.3) is 0 Å². The fourth-order valence-electron chi connectivity index (χ4n) is 5.59. The topological polar surface area (TPSA) is 26.3 Å². The molecule has 1 aromatic carbocycles. The molecule has 1 aromatic rings. The maximum absolute atomic E-state index is 12.9. The summed E-state index contributed by atoms with van der Waals surface area (Å²) < 4.78 is 7.36. The zero-order valence-electron chi connectivity index (χ0n) is 28.2. The summed E-state index contributed by atoms with van der Waals surface area (Å²) in [4.78, 5) is 12.9. The lowest BCUT2D eigenvalue weighted by Crippen LogP contribution is -2.48. The Bertz CT molecular complexity index is 800. The summed E-state index contributed by atoms with van der Waals surface area (Å²) in [6.07, 6.45) is 22.9. The molecule has 0 aliphatic rings. The maximum atomic E-state index is 12.9. The summed E-state index contributed by atoms with van der Waals surface area (Å²) in [5, 5.41) is 0. The first-order chi connectivity index (χ1) is 19.0. The molecule has 0 N–H and O–H groups in total. The van der Waals surface area contributed by atoms with E-state index in [4.69, 9.17) is 4.74 Å². The van der Waals surface area contributed by atoms with E-state index in [1.165, 1.54) is 120 Å². The van der Waals surface area contributed by atoms with E-state index >= 15 is 0 Å². The molecule has 0 radical (unpaired) electrons. The van der Waals surface area contributed by atoms with Gasteiger partial charge in [-0.15, -0.1) is 0 Å². The SMILES string of the molecule is CCCCCCCCCCC[N+](C)(C)CCCCCCCCCC[N+](C)(C)C(=O)Oc1cc(C)ccc1C(C)C. The minimum absolute atomic E-state index is 0.161. The van der Waals surface area contributed by atoms with Crippen LogP contribution in [0.4, 0.5) is 4.79 Å². The Balaban J connectivity index is 2.08. The van der Waals surface area contributed by atoms with E-state index in [1.807, 2.05) is 27.1 Å². The Morgan fingerprint density at radius 1 is 0.675 bits per heavy atom. The molecular formula is C36H68N2O2+2. The molecular weight excluding hydrogens is 492 g/mol. The Labute approximate surface area is 250 Å². The number of carbonyl (C=O) groups is 1. The average Bonchev–Trinajstić information content (AvgIpc) is 2.88. The maximum Gasteiger partial charge on any atom is 0.521 e. The monoisotopic (exact) mass is 561 g/mol. The van der Waals surface area contributed by atoms with E-state index in [9.17, 15) is 4.79 Å². The van der Waals surface area contributed by atoms with Crippen LogP contribution in [-0.4, -0.2) is 62.9 Å². The summed E-state index contributed by atoms with van der Waals surface area (Å²) in [7, 11) is 8.79. The fourth-order valence-corrected chi connectivity index (χ4v) is 5.59. The number of nitrogens with zero attached hydrogens (tertiary/aromatic N) is 2. The lowest BCUT2D eigenvalue weighted by molar-refractivity contribution is -0.890. The first-order valence-electron chi connectivity index (χ1n) is 17.0. The molecule has 232 valence electrons. The highest BCUT2D eigenvalue weighted by Crippen LogP contribution is 2.28. The van der Waals surface area contributed by atoms with Crippen LogP contribution in [0, 0.1) is 6.92 Å². The van der Waals surface area contributed by atoms with Crippen LogP contribution in [-0.2, 0) is 0 Å². The van der Waals surface area contributed by atoms with E-state index in [1.54, 1.807) is 0 Å². The van der Waals surface area contributed by atoms with Gasteiger partial charge in [-0.3, -0.25) is 0 Å². The molecule has 0 aliphatic heterocycles. The molecule has 40 heavy (non-hydrogen) atoms. The Hall–Kier alpha value is -1.39. The highest BCUT2D eigenvalue weighted by atomic mass is 16.6. The van der Waals surface area contributed by atoms with Crippen LogP contribution in [0.15, 0.2) is 18.2 Å². The second-order valence-electron chi connectivity index (χ2n) is 14.0. The molecule has 1 amide bonds. The molecule has 0 unspecified atom stereocenters. The van der Waals surface area contributed by atoms with Crippen molar-refractivity contribution in [1.82, 2.24) is 0 Å². The number of quaternary nitrogens is 2. The number of benzene rings is 1. The van der Waals surface area contributed by atoms with Gasteiger partial charge in [-0.05, 0) is 68.6 Å². The summed E-state index contributed by atoms with van der Waals surface area (Å²) in [5.41, 5.74) is 2.22. The molecule has 0 bridgehead atoms. The number of ether oxygens (including phenoxy) is 1. The van der Waals surface area contributed by atoms with Crippen LogP contribution in [0.5, 0.6) is 5.75 Å². The first kappa shape index (κ1) is 36.6. The molecule has 4 heteroatoms. The summed E-state index contributed by atoms with van der Waals surface area (Å²) in [6, 6.07) is 6.17. The van der Waals surface area contributed by atoms with Gasteiger partial charge in [0.05, 0.1) is 47.8 Å². The standard InChI is InChI=1S/C36H68N2O2/c1-9-10-11-12-13-14-17-20-23-28-37(5,6)29-24-21-18-15-16-19-22-25-30-38(7,8)36(39)40-35-31-33(4)26-27-34(35)32(2)3/h26-27,31-32H,9-25,28-30H2,1-8H3/q+2. The van der Waals surface area contributed by atoms with E-state index in [0.29, 0.717) is 5.92 Å². The molecule has 0 atom stereocenters. The molecule has 0 aromatic heterocycles. The number of amides is 1. The van der Waals surface area contributed by atoms with E-state index in [0.717, 1.165) is 29.8 Å². The molecule has 0 heterocycles. The van der Waals surface area contributed by atoms with Crippen molar-refractivity contribution in [2.75, 3.05) is 47.8 Å². The van der Waals surface area contributed by atoms with Gasteiger partial charge >= 0.3 is 6.09 Å². The summed E-state index contributed by atoms with van der Waals surface area (Å²) in [6.45, 7) is 12.1. The van der Waals surface area contributed by atoms with Gasteiger partial charge in [0.1, 0.15) is 5.75 Å². The van der Waals surface area contributed by atoms with E-state index in [2.05, 4.69) is 47.0 Å². The number of hydrogen-bond donors (Lipinski definition) is 0. The fraction of sp³-hybridized carbons (Fsp3) is 0.806. The predicted octanol–water partition coefficient (Wildman–Crippen LogP) is 10.4. The van der Waals surface area contributed by atoms with Gasteiger partial charge in [-0.2, -0.15) is 4.79 Å². The quantitative estimate of drug-likeness (QED) is 0.0983. The molecule has 1 rings (SSSR count). The van der Waals surface area contributed by atoms with Crippen molar-refractivity contribution in [3.05, 3.63) is 29.3 Å². The third-order valence-corrected chi connectivity index (χ3v) is 8.58. The van der Waals surface area contributed by atoms with Crippen molar-refractivity contribution >= 4 is 6.09 Å². The minimum Gasteiger partial charge on any atom is -0.380 e. The van der Waals surface area contributed by atoms with Gasteiger partial charge < -0.3 is 9.22 Å². The zero-order valence-corrected chi connectivity index (χ0v) is 28.2. The van der Waals surface area contributed by atoms with Gasteiger partial charge in [0.15, 0.2) is 0 Å². The van der Waals surface area contributed by atoms with Crippen molar-refractivity contribution < 1.29 is 18.5 Å². The Morgan fingerprint density at radius 2 is 1.10 bits per heavy atom. The van der Waals surface area contributed by atoms with Gasteiger partial charge in [0, 0.05) is 0 Å². The molecule has 4 nitrogen and oxygen atoms in total. The molecule has 0 fully saturated rings. The summed E-state index contributed by atoms with van der Waals surface area (Å²) in [5.74, 6) is 1.05. The first-order valence-corrected chi connectivity index (χ1v) is 17.0. The third-order valence-electron chi connectivity index (χ3n) is 8.58. The second-order valence-corrected chi connectivity index (χ2v) is 14.0. The van der Waals surface area contributed by atoms with Gasteiger partial charge in [-0.25, -0.2) is 4.48 Å². The van der Waals surface area contributed by atoms with Crippen LogP contribution in [0.1, 0.15) is 147 Å². The number of aryl methyl sites for hydroxylation is 1. The molecule has 0 saturated carbocycles. The Morgan fingerprint density at radius 3 is 1.55 bits per heavy atom. The lowest BCUT2D eigenvalue weighted by atomic mass is 10.0. The lowest BCUT2D eigenvalue weighted by Gasteiger charge is -2.30. The van der Waals surface area contributed by atoms with Crippen molar-refractivity contribution in [2.24, 2.45) is 0 Å². The summed E-state index contributed by atoms with van der Waals surface area (Å²) >= 11 is 0. The number of carbonyl (C=O) groups excluding carboxylic acids is 1. The second kappa shape index (κ2) is 20.5. The van der Waals surface area contributed by atoms with E-state index < -0.39 is 0 Å². The smallest absolute Gasteiger partial charge is 0.380 e. The van der Waals surface area contributed by atoms with Crippen LogP contribution in [0.2, 0.25) is 0 Å². The normalized spacial score (nSPS) is 12.3. The molecule has 0 aliphatic carbocycles. The van der Waals surface area contributed by atoms with Crippen molar-refractivity contribution in [3.8, 4) is 5.75 Å². The average molecular weight is 561 g/mol. The van der Waals surface area contributed by atoms with Crippen molar-refractivity contribution in [3.63, 3.8) is 0 Å². The van der Waals surface area contributed by atoms with Crippen molar-refractivity contribution in [2.45, 2.75) is 143 Å². The third kappa shape index (κ3) is 16.8. The number of hydrogen-bond acceptors (Lipinski definition) is 2. The zero-order chi connectivity index (χ0) is 29.9. The Kier molecular flexibility index (Phi) is 18.8. The van der Waals surface area contributed by atoms with Crippen LogP contribution in [0.25, 0.3) is 0 Å². The highest BCUT2D eigenvalue weighted by molar-refractivity contribution is 5.64. The van der Waals surface area contributed by atoms with Crippen LogP contribution >= 0.6 is 0 Å². The molecule has 0 spiro atoms. The van der Waals surface area contributed by atoms with Crippen molar-refractivity contribution in [1.29, 1.82) is 0 Å². The molecule has 0 saturated heterocycles. The van der Waals surface area contributed by atoms with Crippen LogP contribution < -0.4 is 4.74 Å². The predicted molar refractivity (Wildman–Crippen MR) is 174 cm³/mol. The minimum atomic E-state index is -0.161. The largest absolute Gasteiger partial charge is 0.521 e.